The summed E-state index contributed by atoms with van der Waals surface area (Å²) in [5.74, 6) is 0.898. The van der Waals surface area contributed by atoms with Crippen LogP contribution in [-0.4, -0.2) is 10.7 Å². The Hall–Kier alpha value is -2.49. The first kappa shape index (κ1) is 16.7. The lowest BCUT2D eigenvalue weighted by atomic mass is 9.96. The van der Waals surface area contributed by atoms with Crippen LogP contribution in [0.3, 0.4) is 0 Å². The Morgan fingerprint density at radius 2 is 1.63 bits per heavy atom. The van der Waals surface area contributed by atoms with Gasteiger partial charge in [-0.2, -0.15) is 5.10 Å². The lowest BCUT2D eigenvalue weighted by Crippen LogP contribution is -2.33. The van der Waals surface area contributed by atoms with Gasteiger partial charge in [0.05, 0.1) is 11.8 Å². The molecule has 5 heteroatoms. The molecule has 0 unspecified atom stereocenters. The smallest absolute Gasteiger partial charge is 0.213 e. The third-order valence-electron chi connectivity index (χ3n) is 5.04. The minimum Gasteiger partial charge on any atom is -0.464 e. The topological polar surface area (TPSA) is 24.8 Å². The zero-order valence-corrected chi connectivity index (χ0v) is 15.9. The van der Waals surface area contributed by atoms with E-state index in [0.717, 1.165) is 34.6 Å². The molecule has 0 aliphatic carbocycles. The van der Waals surface area contributed by atoms with E-state index in [2.05, 4.69) is 6.07 Å². The van der Waals surface area contributed by atoms with Gasteiger partial charge in [0.1, 0.15) is 5.75 Å². The number of ether oxygens (including phenoxy) is 1. The molecule has 3 aromatic rings. The van der Waals surface area contributed by atoms with Crippen molar-refractivity contribution in [3.05, 3.63) is 99.5 Å². The summed E-state index contributed by atoms with van der Waals surface area (Å²) in [4.78, 5) is 0. The fourth-order valence-corrected chi connectivity index (χ4v) is 4.11. The van der Waals surface area contributed by atoms with E-state index in [4.69, 9.17) is 33.0 Å². The molecule has 0 saturated carbocycles. The molecule has 5 rings (SSSR count). The van der Waals surface area contributed by atoms with Crippen molar-refractivity contribution in [1.29, 1.82) is 0 Å². The van der Waals surface area contributed by atoms with Crippen molar-refractivity contribution in [2.24, 2.45) is 5.10 Å². The standard InChI is InChI=1S/C22H16Cl2N2O/c23-15-11-9-14(10-12-15)22-26-20(17-6-2-4-8-21(17)27-22)13-19(25-26)16-5-1-3-7-18(16)24/h1-12,20,22H,13H2/t20-,22+/m0/s1. The number of fused-ring (bicyclic) bond motifs is 3. The van der Waals surface area contributed by atoms with E-state index in [1.807, 2.05) is 71.7 Å². The van der Waals surface area contributed by atoms with E-state index in [9.17, 15) is 0 Å². The second-order valence-electron chi connectivity index (χ2n) is 6.69. The van der Waals surface area contributed by atoms with E-state index >= 15 is 0 Å². The lowest BCUT2D eigenvalue weighted by molar-refractivity contribution is -0.0190. The molecule has 2 aliphatic rings. The van der Waals surface area contributed by atoms with Gasteiger partial charge in [0.15, 0.2) is 0 Å². The maximum Gasteiger partial charge on any atom is 0.213 e. The van der Waals surface area contributed by atoms with Gasteiger partial charge in [0.2, 0.25) is 6.23 Å². The van der Waals surface area contributed by atoms with E-state index in [0.29, 0.717) is 10.0 Å². The fourth-order valence-electron chi connectivity index (χ4n) is 3.74. The second kappa shape index (κ2) is 6.59. The second-order valence-corrected chi connectivity index (χ2v) is 7.53. The molecule has 0 radical (unpaired) electrons. The molecule has 0 fully saturated rings. The van der Waals surface area contributed by atoms with Crippen molar-refractivity contribution >= 4 is 28.9 Å². The van der Waals surface area contributed by atoms with Gasteiger partial charge in [-0.05, 0) is 24.3 Å². The SMILES string of the molecule is Clc1ccc([C@H]2Oc3ccccc3[C@@H]3CC(c4ccccc4Cl)=NN23)cc1. The highest BCUT2D eigenvalue weighted by molar-refractivity contribution is 6.34. The Balaban J connectivity index is 1.61. The minimum absolute atomic E-state index is 0.113. The fraction of sp³-hybridized carbons (Fsp3) is 0.136. The summed E-state index contributed by atoms with van der Waals surface area (Å²) in [6, 6.07) is 23.8. The largest absolute Gasteiger partial charge is 0.464 e. The molecule has 0 aromatic heterocycles. The number of hydrogen-bond acceptors (Lipinski definition) is 3. The van der Waals surface area contributed by atoms with E-state index < -0.39 is 0 Å². The molecule has 2 heterocycles. The third-order valence-corrected chi connectivity index (χ3v) is 5.62. The van der Waals surface area contributed by atoms with Gasteiger partial charge in [-0.15, -0.1) is 0 Å². The highest BCUT2D eigenvalue weighted by Crippen LogP contribution is 2.47. The summed E-state index contributed by atoms with van der Waals surface area (Å²) in [5, 5.41) is 8.39. The van der Waals surface area contributed by atoms with Crippen LogP contribution in [0.25, 0.3) is 0 Å². The summed E-state index contributed by atoms with van der Waals surface area (Å²) in [7, 11) is 0. The molecular weight excluding hydrogens is 379 g/mol. The quantitative estimate of drug-likeness (QED) is 0.513. The molecule has 0 spiro atoms. The van der Waals surface area contributed by atoms with Crippen LogP contribution in [0.2, 0.25) is 10.0 Å². The summed E-state index contributed by atoms with van der Waals surface area (Å²) in [6.45, 7) is 0. The third kappa shape index (κ3) is 2.88. The zero-order chi connectivity index (χ0) is 18.4. The average molecular weight is 395 g/mol. The lowest BCUT2D eigenvalue weighted by Gasteiger charge is -2.38. The number of rotatable bonds is 2. The van der Waals surface area contributed by atoms with Gasteiger partial charge in [-0.1, -0.05) is 71.7 Å². The summed E-state index contributed by atoms with van der Waals surface area (Å²) < 4.78 is 6.33. The number of hydrogen-bond donors (Lipinski definition) is 0. The number of nitrogens with zero attached hydrogens (tertiary/aromatic N) is 2. The molecule has 0 saturated heterocycles. The van der Waals surface area contributed by atoms with Gasteiger partial charge in [0.25, 0.3) is 0 Å². The molecule has 0 bridgehead atoms. The Kier molecular flexibility index (Phi) is 4.07. The van der Waals surface area contributed by atoms with Crippen LogP contribution >= 0.6 is 23.2 Å². The number of benzene rings is 3. The van der Waals surface area contributed by atoms with Crippen LogP contribution in [-0.2, 0) is 0 Å². The number of para-hydroxylation sites is 1. The zero-order valence-electron chi connectivity index (χ0n) is 14.3. The van der Waals surface area contributed by atoms with Gasteiger partial charge < -0.3 is 4.74 Å². The van der Waals surface area contributed by atoms with Crippen LogP contribution in [0, 0.1) is 0 Å². The Labute approximate surface area is 167 Å². The van der Waals surface area contributed by atoms with Gasteiger partial charge in [-0.3, -0.25) is 0 Å². The van der Waals surface area contributed by atoms with Crippen molar-refractivity contribution in [2.75, 3.05) is 0 Å². The number of halogens is 2. The van der Waals surface area contributed by atoms with Gasteiger partial charge in [-0.25, -0.2) is 5.01 Å². The molecule has 27 heavy (non-hydrogen) atoms. The Morgan fingerprint density at radius 1 is 0.889 bits per heavy atom. The maximum atomic E-state index is 6.43. The monoisotopic (exact) mass is 394 g/mol. The molecule has 3 aromatic carbocycles. The van der Waals surface area contributed by atoms with Crippen molar-refractivity contribution in [3.63, 3.8) is 0 Å². The molecule has 2 aliphatic heterocycles. The van der Waals surface area contributed by atoms with Crippen LogP contribution in [0.1, 0.15) is 35.4 Å². The normalized spacial score (nSPS) is 20.5. The molecule has 134 valence electrons. The summed E-state index contributed by atoms with van der Waals surface area (Å²) in [6.07, 6.45) is 0.482. The highest BCUT2D eigenvalue weighted by atomic mass is 35.5. The Bertz CT molecular complexity index is 1030. The van der Waals surface area contributed by atoms with E-state index in [-0.39, 0.29) is 12.3 Å². The first-order valence-corrected chi connectivity index (χ1v) is 9.58. The molecule has 0 amide bonds. The number of hydrazone groups is 1. The molecule has 2 atom stereocenters. The van der Waals surface area contributed by atoms with Gasteiger partial charge in [0, 0.05) is 33.2 Å². The first-order valence-electron chi connectivity index (χ1n) is 8.82. The predicted octanol–water partition coefficient (Wildman–Crippen LogP) is 6.24. The molecule has 3 nitrogen and oxygen atoms in total. The molecular formula is C22H16Cl2N2O. The minimum atomic E-state index is -0.304. The summed E-state index contributed by atoms with van der Waals surface area (Å²) in [5.41, 5.74) is 4.11. The van der Waals surface area contributed by atoms with Gasteiger partial charge >= 0.3 is 0 Å². The van der Waals surface area contributed by atoms with Crippen molar-refractivity contribution < 1.29 is 4.74 Å². The predicted molar refractivity (Wildman–Crippen MR) is 108 cm³/mol. The van der Waals surface area contributed by atoms with Crippen LogP contribution < -0.4 is 4.74 Å². The van der Waals surface area contributed by atoms with E-state index in [1.54, 1.807) is 0 Å². The molecule has 0 N–H and O–H groups in total. The van der Waals surface area contributed by atoms with Crippen LogP contribution in [0.4, 0.5) is 0 Å². The summed E-state index contributed by atoms with van der Waals surface area (Å²) >= 11 is 12.5. The highest BCUT2D eigenvalue weighted by Gasteiger charge is 2.41. The van der Waals surface area contributed by atoms with Crippen molar-refractivity contribution in [1.82, 2.24) is 5.01 Å². The van der Waals surface area contributed by atoms with Crippen LogP contribution in [0.15, 0.2) is 77.9 Å². The maximum absolute atomic E-state index is 6.43. The average Bonchev–Trinajstić information content (AvgIpc) is 3.14. The van der Waals surface area contributed by atoms with Crippen LogP contribution in [0.5, 0.6) is 5.75 Å². The van der Waals surface area contributed by atoms with E-state index in [1.165, 1.54) is 0 Å². The van der Waals surface area contributed by atoms with Crippen molar-refractivity contribution in [2.45, 2.75) is 18.7 Å². The Morgan fingerprint density at radius 3 is 2.44 bits per heavy atom. The first-order chi connectivity index (χ1) is 13.2. The van der Waals surface area contributed by atoms with Crippen molar-refractivity contribution in [3.8, 4) is 5.75 Å².